The summed E-state index contributed by atoms with van der Waals surface area (Å²) in [6, 6.07) is 22.4. The number of nitrogens with zero attached hydrogens (tertiary/aromatic N) is 2. The largest absolute Gasteiger partial charge is 0.469 e. The van der Waals surface area contributed by atoms with E-state index in [0.29, 0.717) is 0 Å². The van der Waals surface area contributed by atoms with E-state index < -0.39 is 13.7 Å². The minimum Gasteiger partial charge on any atom is -0.469 e. The maximum atomic E-state index is 13.0. The zero-order chi connectivity index (χ0) is 30.1. The SMILES string of the molecule is COC(=O)C1(C)Cc2c(C)c(C)c(B3N(Cc4ccccc4)c4cc(C)cc5cccc(c45)N3[Si](C)(C)C)c(C)c2C1. The minimum absolute atomic E-state index is 0.0331. The van der Waals surface area contributed by atoms with Gasteiger partial charge in [0.25, 0.3) is 0 Å². The minimum atomic E-state index is -1.94. The van der Waals surface area contributed by atoms with Crippen molar-refractivity contribution in [2.45, 2.75) is 73.6 Å². The van der Waals surface area contributed by atoms with Crippen LogP contribution in [-0.4, -0.2) is 28.3 Å². The third-order valence-corrected chi connectivity index (χ3v) is 11.7. The lowest BCUT2D eigenvalue weighted by Crippen LogP contribution is -2.70. The van der Waals surface area contributed by atoms with Gasteiger partial charge in [0.2, 0.25) is 0 Å². The van der Waals surface area contributed by atoms with Crippen LogP contribution in [0.2, 0.25) is 19.6 Å². The Morgan fingerprint density at radius 1 is 0.881 bits per heavy atom. The average Bonchev–Trinajstić information content (AvgIpc) is 3.32. The molecular weight excluding hydrogens is 531 g/mol. The lowest BCUT2D eigenvalue weighted by Gasteiger charge is -2.51. The Balaban J connectivity index is 1.66. The molecule has 1 unspecified atom stereocenters. The highest BCUT2D eigenvalue weighted by Gasteiger charge is 2.48. The number of methoxy groups -OCH3 is 1. The van der Waals surface area contributed by atoms with Crippen LogP contribution in [0.5, 0.6) is 0 Å². The molecule has 4 aromatic carbocycles. The second-order valence-corrected chi connectivity index (χ2v) is 18.7. The number of anilines is 2. The molecule has 0 saturated heterocycles. The number of carbonyl (C=O) groups excluding carboxylic acids is 1. The van der Waals surface area contributed by atoms with Gasteiger partial charge in [-0.15, -0.1) is 0 Å². The van der Waals surface area contributed by atoms with Gasteiger partial charge in [-0.05, 0) is 109 Å². The molecule has 1 atom stereocenters. The van der Waals surface area contributed by atoms with Crippen LogP contribution in [0.4, 0.5) is 11.4 Å². The smallest absolute Gasteiger partial charge is 0.403 e. The molecule has 0 fully saturated rings. The van der Waals surface area contributed by atoms with Gasteiger partial charge in [0, 0.05) is 23.3 Å². The monoisotopic (exact) mass is 574 g/mol. The molecule has 4 nitrogen and oxygen atoms in total. The normalized spacial score (nSPS) is 18.1. The van der Waals surface area contributed by atoms with E-state index in [2.05, 4.69) is 124 Å². The summed E-state index contributed by atoms with van der Waals surface area (Å²) in [6.45, 7) is 19.4. The van der Waals surface area contributed by atoms with Crippen molar-refractivity contribution >= 4 is 48.8 Å². The number of ether oxygens (including phenoxy) is 1. The maximum absolute atomic E-state index is 13.0. The highest BCUT2D eigenvalue weighted by Crippen LogP contribution is 2.46. The Morgan fingerprint density at radius 2 is 1.55 bits per heavy atom. The molecule has 0 aromatic heterocycles. The molecule has 1 heterocycles. The van der Waals surface area contributed by atoms with Gasteiger partial charge < -0.3 is 14.0 Å². The van der Waals surface area contributed by atoms with E-state index >= 15 is 0 Å². The fraction of sp³-hybridized carbons (Fsp3) is 0.361. The number of hydrogen-bond donors (Lipinski definition) is 0. The zero-order valence-electron chi connectivity index (χ0n) is 26.7. The molecule has 6 rings (SSSR count). The summed E-state index contributed by atoms with van der Waals surface area (Å²) in [5.74, 6) is -0.111. The summed E-state index contributed by atoms with van der Waals surface area (Å²) in [5.41, 5.74) is 12.8. The molecule has 1 aliphatic heterocycles. The van der Waals surface area contributed by atoms with Crippen molar-refractivity contribution in [1.82, 2.24) is 0 Å². The van der Waals surface area contributed by atoms with Gasteiger partial charge in [0.05, 0.1) is 12.5 Å². The summed E-state index contributed by atoms with van der Waals surface area (Å²) >= 11 is 0. The first-order valence-corrected chi connectivity index (χ1v) is 18.6. The number of esters is 1. The van der Waals surface area contributed by atoms with Gasteiger partial charge in [-0.1, -0.05) is 68.2 Å². The van der Waals surface area contributed by atoms with E-state index in [1.807, 2.05) is 0 Å². The highest BCUT2D eigenvalue weighted by molar-refractivity contribution is 6.99. The molecule has 0 spiro atoms. The van der Waals surface area contributed by atoms with Crippen LogP contribution in [0.1, 0.15) is 45.9 Å². The maximum Gasteiger partial charge on any atom is 0.403 e. The Bertz CT molecular complexity index is 1730. The predicted octanol–water partition coefficient (Wildman–Crippen LogP) is 7.41. The predicted molar refractivity (Wildman–Crippen MR) is 181 cm³/mol. The van der Waals surface area contributed by atoms with Gasteiger partial charge in [-0.2, -0.15) is 0 Å². The van der Waals surface area contributed by atoms with Crippen LogP contribution in [0, 0.1) is 33.1 Å². The molecule has 0 saturated carbocycles. The molecule has 0 radical (unpaired) electrons. The third kappa shape index (κ3) is 4.38. The molecule has 6 heteroatoms. The number of aryl methyl sites for hydroxylation is 1. The average molecular weight is 575 g/mol. The van der Waals surface area contributed by atoms with Crippen LogP contribution in [-0.2, 0) is 28.9 Å². The molecule has 42 heavy (non-hydrogen) atoms. The van der Waals surface area contributed by atoms with Crippen molar-refractivity contribution in [1.29, 1.82) is 0 Å². The molecular formula is C36H43BN2O2Si. The summed E-state index contributed by atoms with van der Waals surface area (Å²) in [7, 11) is -0.426. The standard InChI is InChI=1S/C36H43BN2O2Si/c1-23-18-28-16-13-17-31-33(28)32(19-23)38(22-27-14-11-10-12-15-27)37(39(31)42(7,8)9)34-25(3)24(2)29-20-36(5,35(40)41-6)21-30(29)26(34)4/h10-19H,20-22H2,1-9H3. The van der Waals surface area contributed by atoms with Crippen LogP contribution in [0.3, 0.4) is 0 Å². The summed E-state index contributed by atoms with van der Waals surface area (Å²) in [5, 5.41) is 2.65. The molecule has 216 valence electrons. The Hall–Kier alpha value is -3.51. The fourth-order valence-electron chi connectivity index (χ4n) is 7.75. The number of benzene rings is 4. The fourth-order valence-corrected chi connectivity index (χ4v) is 9.66. The lowest BCUT2D eigenvalue weighted by atomic mass is 9.58. The van der Waals surface area contributed by atoms with Crippen LogP contribution in [0.15, 0.2) is 60.7 Å². The van der Waals surface area contributed by atoms with Gasteiger partial charge >= 0.3 is 13.0 Å². The number of hydrogen-bond acceptors (Lipinski definition) is 4. The summed E-state index contributed by atoms with van der Waals surface area (Å²) in [6.07, 6.45) is 1.46. The molecule has 0 N–H and O–H groups in total. The Morgan fingerprint density at radius 3 is 2.19 bits per heavy atom. The topological polar surface area (TPSA) is 32.8 Å². The Kier molecular flexibility index (Phi) is 6.84. The number of rotatable bonds is 5. The van der Waals surface area contributed by atoms with Crippen molar-refractivity contribution in [3.63, 3.8) is 0 Å². The Labute approximate surface area is 252 Å². The second-order valence-electron chi connectivity index (χ2n) is 13.8. The lowest BCUT2D eigenvalue weighted by molar-refractivity contribution is -0.151. The van der Waals surface area contributed by atoms with Gasteiger partial charge in [-0.3, -0.25) is 4.79 Å². The van der Waals surface area contributed by atoms with E-state index in [9.17, 15) is 4.79 Å². The summed E-state index contributed by atoms with van der Waals surface area (Å²) < 4.78 is 8.09. The summed E-state index contributed by atoms with van der Waals surface area (Å²) in [4.78, 5) is 15.7. The van der Waals surface area contributed by atoms with Crippen molar-refractivity contribution < 1.29 is 9.53 Å². The first-order valence-electron chi connectivity index (χ1n) is 15.2. The second kappa shape index (κ2) is 10.0. The third-order valence-electron chi connectivity index (χ3n) is 9.82. The number of carbonyl (C=O) groups is 1. The zero-order valence-corrected chi connectivity index (χ0v) is 27.7. The number of fused-ring (bicyclic) bond motifs is 1. The van der Waals surface area contributed by atoms with Crippen LogP contribution in [0.25, 0.3) is 10.8 Å². The molecule has 0 amide bonds. The van der Waals surface area contributed by atoms with Crippen molar-refractivity contribution in [3.8, 4) is 0 Å². The van der Waals surface area contributed by atoms with Crippen LogP contribution < -0.4 is 14.8 Å². The quantitative estimate of drug-likeness (QED) is 0.184. The van der Waals surface area contributed by atoms with Gasteiger partial charge in [0.1, 0.15) is 8.24 Å². The van der Waals surface area contributed by atoms with Gasteiger partial charge in [-0.25, -0.2) is 0 Å². The molecule has 0 bridgehead atoms. The van der Waals surface area contributed by atoms with E-state index in [1.54, 1.807) is 0 Å². The molecule has 1 aliphatic carbocycles. The molecule has 2 aliphatic rings. The van der Waals surface area contributed by atoms with E-state index in [1.165, 1.54) is 73.7 Å². The highest BCUT2D eigenvalue weighted by atomic mass is 28.3. The van der Waals surface area contributed by atoms with Crippen molar-refractivity contribution in [2.24, 2.45) is 5.41 Å². The van der Waals surface area contributed by atoms with E-state index in [0.717, 1.165) is 19.4 Å². The first-order chi connectivity index (χ1) is 19.9. The van der Waals surface area contributed by atoms with Crippen LogP contribution >= 0.6 is 0 Å². The van der Waals surface area contributed by atoms with E-state index in [-0.39, 0.29) is 13.0 Å². The molecule has 4 aromatic rings. The van der Waals surface area contributed by atoms with Gasteiger partial charge in [0.15, 0.2) is 0 Å². The van der Waals surface area contributed by atoms with Crippen molar-refractivity contribution in [2.75, 3.05) is 16.4 Å². The van der Waals surface area contributed by atoms with E-state index in [4.69, 9.17) is 4.74 Å². The van der Waals surface area contributed by atoms with Crippen molar-refractivity contribution in [3.05, 3.63) is 99.6 Å². The first kappa shape index (κ1) is 28.6.